The van der Waals surface area contributed by atoms with Crippen molar-refractivity contribution in [3.63, 3.8) is 0 Å². The van der Waals surface area contributed by atoms with E-state index in [0.29, 0.717) is 0 Å². The number of hydrogen-bond donors (Lipinski definition) is 2. The van der Waals surface area contributed by atoms with Crippen LogP contribution in [0.25, 0.3) is 0 Å². The Morgan fingerprint density at radius 2 is 2.06 bits per heavy atom. The normalized spacial score (nSPS) is 22.3. The molecular formula is C15H22N2O. The highest BCUT2D eigenvalue weighted by Crippen LogP contribution is 2.45. The number of carbonyl (C=O) groups excluding carboxylic acids is 1. The molecule has 0 saturated carbocycles. The standard InChI is InChI=1S/C15H22N2O/c1-10(14(18)16-4)17-13-12-8-6-5-7-11(12)9-15(13,2)3/h5-8,10,13,17H,9H2,1-4H3,(H,16,18). The SMILES string of the molecule is CNC(=O)C(C)NC1c2ccccc2CC1(C)C. The Hall–Kier alpha value is -1.35. The molecule has 0 heterocycles. The molecule has 1 aliphatic rings. The molecule has 0 saturated heterocycles. The zero-order chi connectivity index (χ0) is 13.3. The molecule has 0 aliphatic heterocycles. The Balaban J connectivity index is 2.23. The van der Waals surface area contributed by atoms with Gasteiger partial charge in [-0.1, -0.05) is 38.1 Å². The van der Waals surface area contributed by atoms with Crippen molar-refractivity contribution in [2.24, 2.45) is 5.41 Å². The first kappa shape index (κ1) is 13.1. The predicted molar refractivity (Wildman–Crippen MR) is 73.3 cm³/mol. The van der Waals surface area contributed by atoms with Gasteiger partial charge in [-0.15, -0.1) is 0 Å². The second kappa shape index (κ2) is 4.73. The first-order valence-electron chi connectivity index (χ1n) is 6.51. The van der Waals surface area contributed by atoms with Gasteiger partial charge in [0.05, 0.1) is 6.04 Å². The molecule has 3 nitrogen and oxygen atoms in total. The average Bonchev–Trinajstić information content (AvgIpc) is 2.59. The Bertz CT molecular complexity index is 454. The summed E-state index contributed by atoms with van der Waals surface area (Å²) in [5, 5.41) is 6.15. The highest BCUT2D eigenvalue weighted by molar-refractivity contribution is 5.81. The molecule has 1 aliphatic carbocycles. The van der Waals surface area contributed by atoms with Crippen LogP contribution in [-0.4, -0.2) is 19.0 Å². The smallest absolute Gasteiger partial charge is 0.236 e. The quantitative estimate of drug-likeness (QED) is 0.857. The molecule has 0 bridgehead atoms. The Morgan fingerprint density at radius 1 is 1.39 bits per heavy atom. The summed E-state index contributed by atoms with van der Waals surface area (Å²) in [6.45, 7) is 6.42. The van der Waals surface area contributed by atoms with Crippen molar-refractivity contribution in [1.82, 2.24) is 10.6 Å². The summed E-state index contributed by atoms with van der Waals surface area (Å²) in [6, 6.07) is 8.56. The summed E-state index contributed by atoms with van der Waals surface area (Å²) >= 11 is 0. The van der Waals surface area contributed by atoms with Crippen molar-refractivity contribution in [3.8, 4) is 0 Å². The molecule has 0 spiro atoms. The lowest BCUT2D eigenvalue weighted by Gasteiger charge is -2.31. The van der Waals surface area contributed by atoms with E-state index >= 15 is 0 Å². The van der Waals surface area contributed by atoms with Crippen LogP contribution >= 0.6 is 0 Å². The van der Waals surface area contributed by atoms with E-state index in [9.17, 15) is 4.79 Å². The van der Waals surface area contributed by atoms with Crippen molar-refractivity contribution in [2.75, 3.05) is 7.05 Å². The van der Waals surface area contributed by atoms with Gasteiger partial charge in [0.25, 0.3) is 0 Å². The number of amides is 1. The lowest BCUT2D eigenvalue weighted by Crippen LogP contribution is -2.45. The minimum absolute atomic E-state index is 0.0372. The first-order valence-corrected chi connectivity index (χ1v) is 6.51. The lowest BCUT2D eigenvalue weighted by atomic mass is 9.85. The van der Waals surface area contributed by atoms with Gasteiger partial charge in [0.1, 0.15) is 0 Å². The summed E-state index contributed by atoms with van der Waals surface area (Å²) in [4.78, 5) is 11.6. The Labute approximate surface area is 109 Å². The van der Waals surface area contributed by atoms with Gasteiger partial charge in [0.15, 0.2) is 0 Å². The van der Waals surface area contributed by atoms with Crippen LogP contribution < -0.4 is 10.6 Å². The monoisotopic (exact) mass is 246 g/mol. The van der Waals surface area contributed by atoms with Gasteiger partial charge in [-0.05, 0) is 29.9 Å². The van der Waals surface area contributed by atoms with Crippen LogP contribution in [0.1, 0.15) is 37.9 Å². The molecule has 1 aromatic rings. The number of rotatable bonds is 3. The highest BCUT2D eigenvalue weighted by atomic mass is 16.2. The fourth-order valence-electron chi connectivity index (χ4n) is 2.85. The number of fused-ring (bicyclic) bond motifs is 1. The third kappa shape index (κ3) is 2.27. The van der Waals surface area contributed by atoms with Gasteiger partial charge in [0.2, 0.25) is 5.91 Å². The van der Waals surface area contributed by atoms with Gasteiger partial charge >= 0.3 is 0 Å². The summed E-state index contributed by atoms with van der Waals surface area (Å²) in [6.07, 6.45) is 1.06. The van der Waals surface area contributed by atoms with Crippen molar-refractivity contribution in [2.45, 2.75) is 39.3 Å². The van der Waals surface area contributed by atoms with Crippen LogP contribution in [0.3, 0.4) is 0 Å². The molecule has 98 valence electrons. The third-order valence-corrected chi connectivity index (χ3v) is 3.85. The van der Waals surface area contributed by atoms with Gasteiger partial charge in [-0.25, -0.2) is 0 Å². The van der Waals surface area contributed by atoms with E-state index in [2.05, 4.69) is 48.7 Å². The fraction of sp³-hybridized carbons (Fsp3) is 0.533. The minimum Gasteiger partial charge on any atom is -0.358 e. The van der Waals surface area contributed by atoms with Crippen molar-refractivity contribution in [1.29, 1.82) is 0 Å². The Morgan fingerprint density at radius 3 is 2.72 bits per heavy atom. The molecule has 1 aromatic carbocycles. The van der Waals surface area contributed by atoms with Crippen LogP contribution in [0.4, 0.5) is 0 Å². The number of hydrogen-bond acceptors (Lipinski definition) is 2. The summed E-state index contributed by atoms with van der Waals surface area (Å²) in [5.74, 6) is 0.0372. The second-order valence-electron chi connectivity index (χ2n) is 5.80. The molecule has 0 fully saturated rings. The van der Waals surface area contributed by atoms with Crippen LogP contribution in [0, 0.1) is 5.41 Å². The molecule has 2 N–H and O–H groups in total. The molecule has 3 heteroatoms. The minimum atomic E-state index is -0.176. The van der Waals surface area contributed by atoms with Crippen molar-refractivity contribution in [3.05, 3.63) is 35.4 Å². The van der Waals surface area contributed by atoms with Gasteiger partial charge in [-0.2, -0.15) is 0 Å². The molecule has 18 heavy (non-hydrogen) atoms. The van der Waals surface area contributed by atoms with Gasteiger partial charge in [-0.3, -0.25) is 10.1 Å². The van der Waals surface area contributed by atoms with E-state index in [1.165, 1.54) is 11.1 Å². The molecule has 2 atom stereocenters. The van der Waals surface area contributed by atoms with Crippen LogP contribution in [0.15, 0.2) is 24.3 Å². The van der Waals surface area contributed by atoms with E-state index in [1.54, 1.807) is 7.05 Å². The van der Waals surface area contributed by atoms with Gasteiger partial charge in [0, 0.05) is 13.1 Å². The molecular weight excluding hydrogens is 224 g/mol. The zero-order valence-corrected chi connectivity index (χ0v) is 11.6. The molecule has 2 unspecified atom stereocenters. The average molecular weight is 246 g/mol. The van der Waals surface area contributed by atoms with E-state index in [1.807, 2.05) is 6.92 Å². The number of benzene rings is 1. The van der Waals surface area contributed by atoms with Crippen LogP contribution in [0.2, 0.25) is 0 Å². The van der Waals surface area contributed by atoms with E-state index in [-0.39, 0.29) is 23.4 Å². The zero-order valence-electron chi connectivity index (χ0n) is 11.6. The largest absolute Gasteiger partial charge is 0.358 e. The van der Waals surface area contributed by atoms with Crippen LogP contribution in [-0.2, 0) is 11.2 Å². The molecule has 2 rings (SSSR count). The number of carbonyl (C=O) groups is 1. The van der Waals surface area contributed by atoms with E-state index < -0.39 is 0 Å². The van der Waals surface area contributed by atoms with Crippen LogP contribution in [0.5, 0.6) is 0 Å². The number of nitrogens with one attached hydrogen (secondary N) is 2. The Kier molecular flexibility index (Phi) is 3.44. The van der Waals surface area contributed by atoms with Crippen molar-refractivity contribution < 1.29 is 4.79 Å². The summed E-state index contributed by atoms with van der Waals surface area (Å²) in [5.41, 5.74) is 2.87. The molecule has 0 radical (unpaired) electrons. The molecule has 1 amide bonds. The maximum absolute atomic E-state index is 11.6. The maximum atomic E-state index is 11.6. The number of likely N-dealkylation sites (N-methyl/N-ethyl adjacent to an activating group) is 1. The summed E-state index contributed by atoms with van der Waals surface area (Å²) < 4.78 is 0. The lowest BCUT2D eigenvalue weighted by molar-refractivity contribution is -0.122. The highest BCUT2D eigenvalue weighted by Gasteiger charge is 2.39. The first-order chi connectivity index (χ1) is 8.45. The third-order valence-electron chi connectivity index (χ3n) is 3.85. The van der Waals surface area contributed by atoms with Crippen molar-refractivity contribution >= 4 is 5.91 Å². The molecule has 0 aromatic heterocycles. The van der Waals surface area contributed by atoms with Gasteiger partial charge < -0.3 is 5.32 Å². The van der Waals surface area contributed by atoms with E-state index in [4.69, 9.17) is 0 Å². The predicted octanol–water partition coefficient (Wildman–Crippen LogP) is 2.03. The summed E-state index contributed by atoms with van der Waals surface area (Å²) in [7, 11) is 1.67. The topological polar surface area (TPSA) is 41.1 Å². The second-order valence-corrected chi connectivity index (χ2v) is 5.80. The fourth-order valence-corrected chi connectivity index (χ4v) is 2.85. The van der Waals surface area contributed by atoms with E-state index in [0.717, 1.165) is 6.42 Å². The maximum Gasteiger partial charge on any atom is 0.236 e.